The number of hydrogen-bond acceptors (Lipinski definition) is 2. The van der Waals surface area contributed by atoms with Crippen molar-refractivity contribution in [2.45, 2.75) is 39.2 Å². The number of imidazole rings is 1. The van der Waals surface area contributed by atoms with E-state index < -0.39 is 5.97 Å². The Morgan fingerprint density at radius 1 is 1.50 bits per heavy atom. The topological polar surface area (TPSA) is 55.1 Å². The molecule has 78 valence electrons. The lowest BCUT2D eigenvalue weighted by Crippen LogP contribution is -1.97. The van der Waals surface area contributed by atoms with Gasteiger partial charge >= 0.3 is 5.97 Å². The molecule has 4 heteroatoms. The highest BCUT2D eigenvalue weighted by atomic mass is 16.4. The van der Waals surface area contributed by atoms with Gasteiger partial charge in [0, 0.05) is 12.7 Å². The van der Waals surface area contributed by atoms with Gasteiger partial charge in [0.05, 0.1) is 6.33 Å². The van der Waals surface area contributed by atoms with Crippen molar-refractivity contribution in [1.82, 2.24) is 9.55 Å². The molecule has 0 aliphatic heterocycles. The second-order valence-corrected chi connectivity index (χ2v) is 3.36. The van der Waals surface area contributed by atoms with E-state index in [0.717, 1.165) is 13.0 Å². The van der Waals surface area contributed by atoms with E-state index in [9.17, 15) is 4.79 Å². The van der Waals surface area contributed by atoms with Gasteiger partial charge in [0.15, 0.2) is 5.69 Å². The van der Waals surface area contributed by atoms with Gasteiger partial charge in [-0.25, -0.2) is 9.78 Å². The zero-order chi connectivity index (χ0) is 10.4. The van der Waals surface area contributed by atoms with Gasteiger partial charge in [0.2, 0.25) is 0 Å². The normalized spacial score (nSPS) is 10.4. The maximum Gasteiger partial charge on any atom is 0.356 e. The first-order valence-electron chi connectivity index (χ1n) is 4.99. The number of rotatable bonds is 6. The number of aromatic carboxylic acids is 1. The zero-order valence-electron chi connectivity index (χ0n) is 8.44. The second-order valence-electron chi connectivity index (χ2n) is 3.36. The summed E-state index contributed by atoms with van der Waals surface area (Å²) in [7, 11) is 0. The fourth-order valence-corrected chi connectivity index (χ4v) is 1.31. The summed E-state index contributed by atoms with van der Waals surface area (Å²) in [6.45, 7) is 3.03. The van der Waals surface area contributed by atoms with Crippen LogP contribution in [0.5, 0.6) is 0 Å². The van der Waals surface area contributed by atoms with Crippen LogP contribution >= 0.6 is 0 Å². The first-order chi connectivity index (χ1) is 6.74. The van der Waals surface area contributed by atoms with E-state index in [0.29, 0.717) is 0 Å². The maximum absolute atomic E-state index is 10.5. The minimum Gasteiger partial charge on any atom is -0.476 e. The van der Waals surface area contributed by atoms with Crippen molar-refractivity contribution in [3.63, 3.8) is 0 Å². The predicted octanol–water partition coefficient (Wildman–Crippen LogP) is 2.16. The standard InChI is InChI=1S/C10H16N2O2/c1-2-3-4-5-6-12-7-9(10(13)14)11-8-12/h7-8H,2-6H2,1H3,(H,13,14). The first-order valence-corrected chi connectivity index (χ1v) is 4.99. The minimum absolute atomic E-state index is 0.125. The molecule has 1 heterocycles. The average Bonchev–Trinajstić information content (AvgIpc) is 2.61. The van der Waals surface area contributed by atoms with Crippen molar-refractivity contribution in [1.29, 1.82) is 0 Å². The summed E-state index contributed by atoms with van der Waals surface area (Å²) in [6.07, 6.45) is 7.88. The highest BCUT2D eigenvalue weighted by molar-refractivity contribution is 5.84. The lowest BCUT2D eigenvalue weighted by atomic mass is 10.2. The summed E-state index contributed by atoms with van der Waals surface area (Å²) in [4.78, 5) is 14.3. The van der Waals surface area contributed by atoms with Crippen LogP contribution in [-0.4, -0.2) is 20.6 Å². The number of carbonyl (C=O) groups is 1. The summed E-state index contributed by atoms with van der Waals surface area (Å²) in [5.74, 6) is -0.961. The fourth-order valence-electron chi connectivity index (χ4n) is 1.31. The van der Waals surface area contributed by atoms with Gasteiger partial charge in [-0.1, -0.05) is 26.2 Å². The Balaban J connectivity index is 2.33. The molecular formula is C10H16N2O2. The monoisotopic (exact) mass is 196 g/mol. The molecule has 0 aromatic carbocycles. The van der Waals surface area contributed by atoms with E-state index in [4.69, 9.17) is 5.11 Å². The third-order valence-electron chi connectivity index (χ3n) is 2.12. The van der Waals surface area contributed by atoms with E-state index in [-0.39, 0.29) is 5.69 Å². The molecule has 0 bridgehead atoms. The Kier molecular flexibility index (Phi) is 4.16. The quantitative estimate of drug-likeness (QED) is 0.709. The van der Waals surface area contributed by atoms with E-state index in [1.165, 1.54) is 19.3 Å². The summed E-state index contributed by atoms with van der Waals surface area (Å²) in [5, 5.41) is 8.63. The molecule has 0 unspecified atom stereocenters. The minimum atomic E-state index is -0.961. The molecule has 0 atom stereocenters. The van der Waals surface area contributed by atoms with Gasteiger partial charge in [-0.05, 0) is 6.42 Å². The van der Waals surface area contributed by atoms with E-state index in [1.54, 1.807) is 12.5 Å². The molecule has 0 amide bonds. The van der Waals surface area contributed by atoms with Crippen LogP contribution in [-0.2, 0) is 6.54 Å². The average molecular weight is 196 g/mol. The molecule has 0 saturated carbocycles. The first kappa shape index (κ1) is 10.8. The highest BCUT2D eigenvalue weighted by Gasteiger charge is 2.05. The molecule has 1 rings (SSSR count). The Labute approximate surface area is 83.6 Å². The lowest BCUT2D eigenvalue weighted by molar-refractivity contribution is 0.0691. The molecule has 4 nitrogen and oxygen atoms in total. The Morgan fingerprint density at radius 2 is 2.29 bits per heavy atom. The van der Waals surface area contributed by atoms with Crippen molar-refractivity contribution in [3.8, 4) is 0 Å². The summed E-state index contributed by atoms with van der Waals surface area (Å²) in [5.41, 5.74) is 0.125. The van der Waals surface area contributed by atoms with E-state index >= 15 is 0 Å². The molecular weight excluding hydrogens is 180 g/mol. The van der Waals surface area contributed by atoms with Crippen LogP contribution in [0.3, 0.4) is 0 Å². The van der Waals surface area contributed by atoms with Crippen LogP contribution in [0.4, 0.5) is 0 Å². The van der Waals surface area contributed by atoms with E-state index in [1.807, 2.05) is 4.57 Å². The van der Waals surface area contributed by atoms with Crippen molar-refractivity contribution in [2.24, 2.45) is 0 Å². The largest absolute Gasteiger partial charge is 0.476 e. The summed E-state index contributed by atoms with van der Waals surface area (Å²) in [6, 6.07) is 0. The SMILES string of the molecule is CCCCCCn1cnc(C(=O)O)c1. The fraction of sp³-hybridized carbons (Fsp3) is 0.600. The molecule has 1 N–H and O–H groups in total. The van der Waals surface area contributed by atoms with Crippen LogP contribution in [0.15, 0.2) is 12.5 Å². The number of nitrogens with zero attached hydrogens (tertiary/aromatic N) is 2. The van der Waals surface area contributed by atoms with Gasteiger partial charge in [0.25, 0.3) is 0 Å². The number of carboxylic acid groups (broad SMARTS) is 1. The van der Waals surface area contributed by atoms with Gasteiger partial charge < -0.3 is 9.67 Å². The van der Waals surface area contributed by atoms with Gasteiger partial charge in [-0.2, -0.15) is 0 Å². The molecule has 14 heavy (non-hydrogen) atoms. The molecule has 0 spiro atoms. The predicted molar refractivity (Wildman–Crippen MR) is 53.3 cm³/mol. The summed E-state index contributed by atoms with van der Waals surface area (Å²) >= 11 is 0. The third-order valence-corrected chi connectivity index (χ3v) is 2.12. The zero-order valence-corrected chi connectivity index (χ0v) is 8.44. The van der Waals surface area contributed by atoms with Crippen LogP contribution in [0.1, 0.15) is 43.1 Å². The molecule has 0 radical (unpaired) electrons. The van der Waals surface area contributed by atoms with Crippen LogP contribution in [0.25, 0.3) is 0 Å². The Morgan fingerprint density at radius 3 is 2.86 bits per heavy atom. The molecule has 1 aromatic heterocycles. The van der Waals surface area contributed by atoms with E-state index in [2.05, 4.69) is 11.9 Å². The van der Waals surface area contributed by atoms with Crippen molar-refractivity contribution >= 4 is 5.97 Å². The molecule has 0 aliphatic carbocycles. The molecule has 1 aromatic rings. The number of unbranched alkanes of at least 4 members (excludes halogenated alkanes) is 3. The molecule has 0 saturated heterocycles. The number of carboxylic acids is 1. The van der Waals surface area contributed by atoms with Crippen molar-refractivity contribution < 1.29 is 9.90 Å². The van der Waals surface area contributed by atoms with Crippen LogP contribution in [0, 0.1) is 0 Å². The van der Waals surface area contributed by atoms with Gasteiger partial charge in [-0.15, -0.1) is 0 Å². The van der Waals surface area contributed by atoms with Crippen molar-refractivity contribution in [2.75, 3.05) is 0 Å². The lowest BCUT2D eigenvalue weighted by Gasteiger charge is -2.00. The van der Waals surface area contributed by atoms with Crippen LogP contribution < -0.4 is 0 Å². The Hall–Kier alpha value is -1.32. The Bertz CT molecular complexity index is 294. The van der Waals surface area contributed by atoms with Crippen LogP contribution in [0.2, 0.25) is 0 Å². The second kappa shape index (κ2) is 5.42. The summed E-state index contributed by atoms with van der Waals surface area (Å²) < 4.78 is 1.83. The number of hydrogen-bond donors (Lipinski definition) is 1. The smallest absolute Gasteiger partial charge is 0.356 e. The molecule has 0 aliphatic rings. The number of aromatic nitrogens is 2. The van der Waals surface area contributed by atoms with Gasteiger partial charge in [-0.3, -0.25) is 0 Å². The molecule has 0 fully saturated rings. The highest BCUT2D eigenvalue weighted by Crippen LogP contribution is 2.03. The third kappa shape index (κ3) is 3.20. The number of aryl methyl sites for hydroxylation is 1. The maximum atomic E-state index is 10.5. The van der Waals surface area contributed by atoms with Crippen molar-refractivity contribution in [3.05, 3.63) is 18.2 Å². The van der Waals surface area contributed by atoms with Gasteiger partial charge in [0.1, 0.15) is 0 Å².